The van der Waals surface area contributed by atoms with Crippen LogP contribution in [0.1, 0.15) is 67.4 Å². The number of alkyl carbamates (subject to hydrolysis) is 1. The van der Waals surface area contributed by atoms with Crippen molar-refractivity contribution in [1.29, 1.82) is 0 Å². The van der Waals surface area contributed by atoms with E-state index in [0.29, 0.717) is 29.4 Å². The lowest BCUT2D eigenvalue weighted by Crippen LogP contribution is -2.45. The van der Waals surface area contributed by atoms with Crippen LogP contribution in [-0.4, -0.2) is 49.8 Å². The minimum absolute atomic E-state index is 0.0247. The number of benzene rings is 3. The third kappa shape index (κ3) is 9.11. The number of carbonyl (C=O) groups excluding carboxylic acids is 2. The van der Waals surface area contributed by atoms with E-state index in [1.54, 1.807) is 39.2 Å². The number of imidazole rings is 1. The zero-order chi connectivity index (χ0) is 36.8. The van der Waals surface area contributed by atoms with Crippen LogP contribution in [0.2, 0.25) is 0 Å². The second kappa shape index (κ2) is 15.6. The number of aromatic nitrogens is 4. The van der Waals surface area contributed by atoms with E-state index < -0.39 is 23.7 Å². The number of nitrogens with one attached hydrogen (secondary N) is 2. The standard InChI is InChI=1S/C40H44FN7O4/c1-26-35(44-38(43-31-17-15-30(41)16-18-31)46-36(26)48-20-19-29-13-9-10-14-33(29)27(48)2)24-51-37(49)34(45-39(50)52-40(3,4)5)21-32-23-47(25-42-32)22-28-11-7-6-8-12-28/h6-18,23,25,27,34H,19-22,24H2,1-5H3,(H,45,50)(H,43,44,46)/t27?,34-/m0/s1. The number of halogens is 1. The number of ether oxygens (including phenoxy) is 2. The fourth-order valence-electron chi connectivity index (χ4n) is 6.23. The molecule has 6 rings (SSSR count). The minimum atomic E-state index is -1.09. The van der Waals surface area contributed by atoms with E-state index in [1.807, 2.05) is 54.1 Å². The van der Waals surface area contributed by atoms with Gasteiger partial charge in [-0.2, -0.15) is 4.98 Å². The molecule has 0 fully saturated rings. The number of amides is 1. The van der Waals surface area contributed by atoms with Gasteiger partial charge in [0.15, 0.2) is 0 Å². The van der Waals surface area contributed by atoms with Crippen molar-refractivity contribution in [3.63, 3.8) is 0 Å². The average molecular weight is 706 g/mol. The molecule has 2 N–H and O–H groups in total. The summed E-state index contributed by atoms with van der Waals surface area (Å²) in [6.07, 6.45) is 3.71. The van der Waals surface area contributed by atoms with Gasteiger partial charge in [0.1, 0.15) is 29.9 Å². The number of nitrogens with zero attached hydrogens (tertiary/aromatic N) is 5. The Hall–Kier alpha value is -5.78. The van der Waals surface area contributed by atoms with Crippen molar-refractivity contribution in [1.82, 2.24) is 24.8 Å². The monoisotopic (exact) mass is 705 g/mol. The van der Waals surface area contributed by atoms with Crippen molar-refractivity contribution in [2.24, 2.45) is 0 Å². The van der Waals surface area contributed by atoms with Crippen LogP contribution in [0.4, 0.5) is 26.6 Å². The maximum Gasteiger partial charge on any atom is 0.408 e. The van der Waals surface area contributed by atoms with Crippen LogP contribution < -0.4 is 15.5 Å². The smallest absolute Gasteiger partial charge is 0.408 e. The summed E-state index contributed by atoms with van der Waals surface area (Å²) in [5.74, 6) is -0.0601. The Bertz CT molecular complexity index is 2010. The second-order valence-corrected chi connectivity index (χ2v) is 13.9. The fraction of sp³-hybridized carbons (Fsp3) is 0.325. The van der Waals surface area contributed by atoms with Crippen LogP contribution in [-0.2, 0) is 40.3 Å². The summed E-state index contributed by atoms with van der Waals surface area (Å²) < 4.78 is 27.0. The van der Waals surface area contributed by atoms with Crippen LogP contribution in [0.25, 0.3) is 0 Å². The molecule has 1 aliphatic rings. The van der Waals surface area contributed by atoms with Gasteiger partial charge in [0.05, 0.1) is 23.8 Å². The SMILES string of the molecule is Cc1c(COC(=O)[C@H](Cc2cn(Cc3ccccc3)cn2)NC(=O)OC(C)(C)C)nc(Nc2ccc(F)cc2)nc1N1CCc2ccccc2C1C. The number of fused-ring (bicyclic) bond motifs is 1. The first-order valence-corrected chi connectivity index (χ1v) is 17.4. The Morgan fingerprint density at radius 2 is 1.73 bits per heavy atom. The first kappa shape index (κ1) is 36.0. The number of esters is 1. The highest BCUT2D eigenvalue weighted by molar-refractivity contribution is 5.81. The van der Waals surface area contributed by atoms with Gasteiger partial charge in [-0.3, -0.25) is 0 Å². The summed E-state index contributed by atoms with van der Waals surface area (Å²) in [4.78, 5) is 43.0. The van der Waals surface area contributed by atoms with Crippen LogP contribution in [0.3, 0.4) is 0 Å². The molecule has 0 bridgehead atoms. The summed E-state index contributed by atoms with van der Waals surface area (Å²) in [6, 6.07) is 23.2. The Morgan fingerprint density at radius 1 is 1.00 bits per heavy atom. The zero-order valence-electron chi connectivity index (χ0n) is 30.1. The van der Waals surface area contributed by atoms with E-state index in [4.69, 9.17) is 19.4 Å². The van der Waals surface area contributed by atoms with E-state index in [2.05, 4.69) is 45.6 Å². The first-order valence-electron chi connectivity index (χ1n) is 17.4. The molecule has 12 heteroatoms. The molecular weight excluding hydrogens is 661 g/mol. The third-order valence-corrected chi connectivity index (χ3v) is 8.82. The second-order valence-electron chi connectivity index (χ2n) is 13.9. The maximum atomic E-state index is 13.8. The van der Waals surface area contributed by atoms with Gasteiger partial charge in [-0.1, -0.05) is 54.6 Å². The van der Waals surface area contributed by atoms with Crippen LogP contribution in [0.5, 0.6) is 0 Å². The van der Waals surface area contributed by atoms with Gasteiger partial charge < -0.3 is 29.6 Å². The molecule has 2 aromatic heterocycles. The molecule has 1 amide bonds. The van der Waals surface area contributed by atoms with Crippen molar-refractivity contribution in [2.45, 2.75) is 78.3 Å². The number of anilines is 3. The Morgan fingerprint density at radius 3 is 2.48 bits per heavy atom. The number of rotatable bonds is 11. The number of carbonyl (C=O) groups is 2. The molecule has 0 aliphatic carbocycles. The summed E-state index contributed by atoms with van der Waals surface area (Å²) in [6.45, 7) is 10.4. The molecule has 1 aliphatic heterocycles. The molecule has 3 heterocycles. The van der Waals surface area contributed by atoms with Gasteiger partial charge in [0.2, 0.25) is 5.95 Å². The molecule has 52 heavy (non-hydrogen) atoms. The van der Waals surface area contributed by atoms with E-state index >= 15 is 0 Å². The topological polar surface area (TPSA) is 124 Å². The van der Waals surface area contributed by atoms with Gasteiger partial charge in [0.25, 0.3) is 0 Å². The lowest BCUT2D eigenvalue weighted by molar-refractivity contribution is -0.147. The molecule has 1 unspecified atom stereocenters. The van der Waals surface area contributed by atoms with Crippen LogP contribution in [0, 0.1) is 12.7 Å². The number of hydrogen-bond donors (Lipinski definition) is 2. The van der Waals surface area contributed by atoms with Crippen molar-refractivity contribution in [2.75, 3.05) is 16.8 Å². The Balaban J connectivity index is 1.25. The highest BCUT2D eigenvalue weighted by atomic mass is 19.1. The minimum Gasteiger partial charge on any atom is -0.458 e. The van der Waals surface area contributed by atoms with Crippen molar-refractivity contribution >= 4 is 29.5 Å². The maximum absolute atomic E-state index is 13.8. The molecule has 0 radical (unpaired) electrons. The fourth-order valence-corrected chi connectivity index (χ4v) is 6.23. The molecule has 2 atom stereocenters. The van der Waals surface area contributed by atoms with Gasteiger partial charge >= 0.3 is 12.1 Å². The lowest BCUT2D eigenvalue weighted by Gasteiger charge is -2.37. The highest BCUT2D eigenvalue weighted by Crippen LogP contribution is 2.35. The van der Waals surface area contributed by atoms with Crippen LogP contribution in [0.15, 0.2) is 91.4 Å². The van der Waals surface area contributed by atoms with E-state index in [0.717, 1.165) is 24.1 Å². The predicted octanol–water partition coefficient (Wildman–Crippen LogP) is 7.22. The molecule has 0 saturated carbocycles. The van der Waals surface area contributed by atoms with Gasteiger partial charge in [-0.25, -0.2) is 23.9 Å². The summed E-state index contributed by atoms with van der Waals surface area (Å²) >= 11 is 0. The van der Waals surface area contributed by atoms with E-state index in [1.165, 1.54) is 23.3 Å². The van der Waals surface area contributed by atoms with Crippen molar-refractivity contribution in [3.8, 4) is 0 Å². The quantitative estimate of drug-likeness (QED) is 0.137. The largest absolute Gasteiger partial charge is 0.458 e. The summed E-state index contributed by atoms with van der Waals surface area (Å²) in [5, 5.41) is 5.87. The third-order valence-electron chi connectivity index (χ3n) is 8.82. The predicted molar refractivity (Wildman–Crippen MR) is 197 cm³/mol. The Labute approximate surface area is 303 Å². The van der Waals surface area contributed by atoms with Gasteiger partial charge in [0, 0.05) is 37.0 Å². The Kier molecular flexibility index (Phi) is 10.8. The highest BCUT2D eigenvalue weighted by Gasteiger charge is 2.30. The average Bonchev–Trinajstić information content (AvgIpc) is 3.55. The first-order chi connectivity index (χ1) is 24.9. The molecule has 11 nitrogen and oxygen atoms in total. The normalized spacial score (nSPS) is 14.7. The molecule has 5 aromatic rings. The molecule has 0 spiro atoms. The van der Waals surface area contributed by atoms with Crippen LogP contribution >= 0.6 is 0 Å². The molecule has 270 valence electrons. The number of hydrogen-bond acceptors (Lipinski definition) is 9. The molecule has 0 saturated heterocycles. The van der Waals surface area contributed by atoms with Gasteiger partial charge in [-0.15, -0.1) is 0 Å². The van der Waals surface area contributed by atoms with Crippen molar-refractivity contribution in [3.05, 3.63) is 131 Å². The summed E-state index contributed by atoms with van der Waals surface area (Å²) in [7, 11) is 0. The van der Waals surface area contributed by atoms with E-state index in [9.17, 15) is 14.0 Å². The van der Waals surface area contributed by atoms with E-state index in [-0.39, 0.29) is 30.8 Å². The zero-order valence-corrected chi connectivity index (χ0v) is 30.1. The van der Waals surface area contributed by atoms with Crippen molar-refractivity contribution < 1.29 is 23.5 Å². The molecule has 3 aromatic carbocycles. The molecular formula is C40H44FN7O4. The summed E-state index contributed by atoms with van der Waals surface area (Å²) in [5.41, 5.74) is 5.27. The lowest BCUT2D eigenvalue weighted by atomic mass is 9.93. The van der Waals surface area contributed by atoms with Gasteiger partial charge in [-0.05, 0) is 82.0 Å².